The molecular formula is C20H33IN4O2. The minimum Gasteiger partial charge on any atom is -0.490 e. The van der Waals surface area contributed by atoms with E-state index in [9.17, 15) is 4.79 Å². The van der Waals surface area contributed by atoms with Gasteiger partial charge in [0.15, 0.2) is 5.96 Å². The van der Waals surface area contributed by atoms with Gasteiger partial charge in [0, 0.05) is 44.9 Å². The number of hydrogen-bond acceptors (Lipinski definition) is 3. The minimum atomic E-state index is 0. The zero-order chi connectivity index (χ0) is 18.8. The largest absolute Gasteiger partial charge is 0.490 e. The lowest BCUT2D eigenvalue weighted by Crippen LogP contribution is -2.47. The smallest absolute Gasteiger partial charge is 0.222 e. The molecule has 1 amide bonds. The Morgan fingerprint density at radius 2 is 1.89 bits per heavy atom. The number of amides is 1. The van der Waals surface area contributed by atoms with Crippen LogP contribution in [0.15, 0.2) is 35.3 Å². The van der Waals surface area contributed by atoms with Crippen LogP contribution >= 0.6 is 24.0 Å². The van der Waals surface area contributed by atoms with Crippen molar-refractivity contribution in [2.75, 3.05) is 32.7 Å². The lowest BCUT2D eigenvalue weighted by molar-refractivity contribution is -0.123. The SMILES string of the molecule is CCNC(=NCCNC(=O)C(C)C)N1CCC(Oc2ccccc2)CC1.I. The second kappa shape index (κ2) is 12.8. The van der Waals surface area contributed by atoms with E-state index in [1.54, 1.807) is 0 Å². The number of ether oxygens (including phenoxy) is 1. The van der Waals surface area contributed by atoms with Crippen LogP contribution in [0.2, 0.25) is 0 Å². The van der Waals surface area contributed by atoms with Crippen molar-refractivity contribution in [3.05, 3.63) is 30.3 Å². The molecule has 1 aromatic rings. The predicted octanol–water partition coefficient (Wildman–Crippen LogP) is 2.89. The Bertz CT molecular complexity index is 573. The number of aliphatic imine (C=N–C) groups is 1. The van der Waals surface area contributed by atoms with Crippen LogP contribution in [0.4, 0.5) is 0 Å². The van der Waals surface area contributed by atoms with E-state index in [0.29, 0.717) is 13.1 Å². The number of nitrogens with one attached hydrogen (secondary N) is 2. The van der Waals surface area contributed by atoms with E-state index < -0.39 is 0 Å². The summed E-state index contributed by atoms with van der Waals surface area (Å²) < 4.78 is 6.06. The van der Waals surface area contributed by atoms with Crippen molar-refractivity contribution in [3.63, 3.8) is 0 Å². The van der Waals surface area contributed by atoms with E-state index in [4.69, 9.17) is 4.74 Å². The summed E-state index contributed by atoms with van der Waals surface area (Å²) in [6.07, 6.45) is 2.20. The molecule has 27 heavy (non-hydrogen) atoms. The quantitative estimate of drug-likeness (QED) is 0.268. The molecule has 1 heterocycles. The number of guanidine groups is 1. The van der Waals surface area contributed by atoms with E-state index in [0.717, 1.165) is 44.2 Å². The maximum Gasteiger partial charge on any atom is 0.222 e. The average Bonchev–Trinajstić information content (AvgIpc) is 2.65. The van der Waals surface area contributed by atoms with E-state index in [2.05, 4.69) is 27.4 Å². The molecular weight excluding hydrogens is 455 g/mol. The normalized spacial score (nSPS) is 15.3. The molecule has 1 aromatic carbocycles. The van der Waals surface area contributed by atoms with Gasteiger partial charge in [0.25, 0.3) is 0 Å². The van der Waals surface area contributed by atoms with Crippen LogP contribution in [0.5, 0.6) is 5.75 Å². The fraction of sp³-hybridized carbons (Fsp3) is 0.600. The highest BCUT2D eigenvalue weighted by molar-refractivity contribution is 14.0. The summed E-state index contributed by atoms with van der Waals surface area (Å²) in [5.41, 5.74) is 0. The summed E-state index contributed by atoms with van der Waals surface area (Å²) in [6.45, 7) is 9.68. The van der Waals surface area contributed by atoms with Gasteiger partial charge in [0.05, 0.1) is 6.54 Å². The summed E-state index contributed by atoms with van der Waals surface area (Å²) in [6, 6.07) is 10.0. The predicted molar refractivity (Wildman–Crippen MR) is 121 cm³/mol. The second-order valence-corrected chi connectivity index (χ2v) is 6.80. The number of benzene rings is 1. The third-order valence-corrected chi connectivity index (χ3v) is 4.32. The van der Waals surface area contributed by atoms with Crippen LogP contribution in [-0.4, -0.2) is 55.6 Å². The van der Waals surface area contributed by atoms with Gasteiger partial charge in [0.2, 0.25) is 5.91 Å². The first-order valence-electron chi connectivity index (χ1n) is 9.62. The number of likely N-dealkylation sites (tertiary alicyclic amines) is 1. The Morgan fingerprint density at radius 3 is 2.48 bits per heavy atom. The number of nitrogens with zero attached hydrogens (tertiary/aromatic N) is 2. The molecule has 0 aliphatic carbocycles. The molecule has 0 spiro atoms. The molecule has 1 aliphatic rings. The van der Waals surface area contributed by atoms with Crippen LogP contribution in [-0.2, 0) is 4.79 Å². The summed E-state index contributed by atoms with van der Waals surface area (Å²) in [5.74, 6) is 1.94. The fourth-order valence-corrected chi connectivity index (χ4v) is 2.85. The molecule has 2 rings (SSSR count). The van der Waals surface area contributed by atoms with Crippen LogP contribution < -0.4 is 15.4 Å². The van der Waals surface area contributed by atoms with Crippen molar-refractivity contribution in [3.8, 4) is 5.75 Å². The Kier molecular flexibility index (Phi) is 11.2. The Morgan fingerprint density at radius 1 is 1.22 bits per heavy atom. The molecule has 0 unspecified atom stereocenters. The van der Waals surface area contributed by atoms with Gasteiger partial charge in [-0.15, -0.1) is 24.0 Å². The highest BCUT2D eigenvalue weighted by Crippen LogP contribution is 2.18. The van der Waals surface area contributed by atoms with Crippen molar-refractivity contribution in [2.24, 2.45) is 10.9 Å². The number of carbonyl (C=O) groups is 1. The summed E-state index contributed by atoms with van der Waals surface area (Å²) in [4.78, 5) is 18.5. The van der Waals surface area contributed by atoms with Gasteiger partial charge in [-0.3, -0.25) is 9.79 Å². The summed E-state index contributed by atoms with van der Waals surface area (Å²) >= 11 is 0. The maximum atomic E-state index is 11.6. The Hall–Kier alpha value is -1.51. The Labute approximate surface area is 180 Å². The molecule has 0 radical (unpaired) electrons. The van der Waals surface area contributed by atoms with Gasteiger partial charge in [-0.05, 0) is 19.1 Å². The third-order valence-electron chi connectivity index (χ3n) is 4.32. The molecule has 0 bridgehead atoms. The zero-order valence-corrected chi connectivity index (χ0v) is 18.9. The lowest BCUT2D eigenvalue weighted by Gasteiger charge is -2.34. The highest BCUT2D eigenvalue weighted by atomic mass is 127. The monoisotopic (exact) mass is 488 g/mol. The number of para-hydroxylation sites is 1. The molecule has 0 aromatic heterocycles. The van der Waals surface area contributed by atoms with E-state index in [1.165, 1.54) is 0 Å². The molecule has 152 valence electrons. The van der Waals surface area contributed by atoms with Gasteiger partial charge in [-0.25, -0.2) is 0 Å². The van der Waals surface area contributed by atoms with Gasteiger partial charge in [-0.2, -0.15) is 0 Å². The minimum absolute atomic E-state index is 0. The van der Waals surface area contributed by atoms with Gasteiger partial charge in [-0.1, -0.05) is 32.0 Å². The van der Waals surface area contributed by atoms with Crippen molar-refractivity contribution in [2.45, 2.75) is 39.7 Å². The number of hydrogen-bond donors (Lipinski definition) is 2. The first-order valence-corrected chi connectivity index (χ1v) is 9.62. The maximum absolute atomic E-state index is 11.6. The number of rotatable bonds is 7. The first kappa shape index (κ1) is 23.5. The topological polar surface area (TPSA) is 66.0 Å². The third kappa shape index (κ3) is 8.36. The molecule has 7 heteroatoms. The molecule has 0 saturated carbocycles. The van der Waals surface area contributed by atoms with Crippen molar-refractivity contribution >= 4 is 35.8 Å². The van der Waals surface area contributed by atoms with Gasteiger partial charge < -0.3 is 20.3 Å². The lowest BCUT2D eigenvalue weighted by atomic mass is 10.1. The summed E-state index contributed by atoms with van der Waals surface area (Å²) in [7, 11) is 0. The number of carbonyl (C=O) groups excluding carboxylic acids is 1. The standard InChI is InChI=1S/C20H32N4O2.HI/c1-4-21-20(23-13-12-22-19(25)16(2)3)24-14-10-18(11-15-24)26-17-8-6-5-7-9-17;/h5-9,16,18H,4,10-15H2,1-3H3,(H,21,23)(H,22,25);1H. The first-order chi connectivity index (χ1) is 12.6. The van der Waals surface area contributed by atoms with Crippen LogP contribution in [0, 0.1) is 5.92 Å². The molecule has 1 aliphatic heterocycles. The Balaban J connectivity index is 0.00000364. The van der Waals surface area contributed by atoms with Crippen LogP contribution in [0.3, 0.4) is 0 Å². The van der Waals surface area contributed by atoms with Crippen LogP contribution in [0.1, 0.15) is 33.6 Å². The average molecular weight is 488 g/mol. The van der Waals surface area contributed by atoms with Gasteiger partial charge in [0.1, 0.15) is 11.9 Å². The molecule has 1 saturated heterocycles. The van der Waals surface area contributed by atoms with E-state index in [1.807, 2.05) is 44.2 Å². The second-order valence-electron chi connectivity index (χ2n) is 6.80. The molecule has 2 N–H and O–H groups in total. The van der Waals surface area contributed by atoms with Crippen LogP contribution in [0.25, 0.3) is 0 Å². The van der Waals surface area contributed by atoms with E-state index in [-0.39, 0.29) is 41.9 Å². The molecule has 1 fully saturated rings. The molecule has 6 nitrogen and oxygen atoms in total. The fourth-order valence-electron chi connectivity index (χ4n) is 2.85. The van der Waals surface area contributed by atoms with Gasteiger partial charge >= 0.3 is 0 Å². The highest BCUT2D eigenvalue weighted by Gasteiger charge is 2.22. The zero-order valence-electron chi connectivity index (χ0n) is 16.6. The van der Waals surface area contributed by atoms with Crippen molar-refractivity contribution in [1.82, 2.24) is 15.5 Å². The van der Waals surface area contributed by atoms with E-state index >= 15 is 0 Å². The van der Waals surface area contributed by atoms with Crippen molar-refractivity contribution < 1.29 is 9.53 Å². The number of halogens is 1. The summed E-state index contributed by atoms with van der Waals surface area (Å²) in [5, 5.41) is 6.25. The molecule has 0 atom stereocenters. The number of piperidine rings is 1. The van der Waals surface area contributed by atoms with Crippen molar-refractivity contribution in [1.29, 1.82) is 0 Å².